The highest BCUT2D eigenvalue weighted by atomic mass is 32.1. The van der Waals surface area contributed by atoms with Gasteiger partial charge in [0.1, 0.15) is 22.4 Å². The van der Waals surface area contributed by atoms with Crippen molar-refractivity contribution in [1.82, 2.24) is 14.5 Å². The van der Waals surface area contributed by atoms with E-state index in [4.69, 9.17) is 9.72 Å². The summed E-state index contributed by atoms with van der Waals surface area (Å²) in [6.07, 6.45) is 4.21. The molecule has 0 bridgehead atoms. The van der Waals surface area contributed by atoms with Crippen LogP contribution in [0.1, 0.15) is 47.5 Å². The van der Waals surface area contributed by atoms with E-state index in [1.54, 1.807) is 0 Å². The van der Waals surface area contributed by atoms with Gasteiger partial charge in [-0.15, -0.1) is 0 Å². The highest BCUT2D eigenvalue weighted by Gasteiger charge is 2.16. The third kappa shape index (κ3) is 4.50. The maximum Gasteiger partial charge on any atom is 0.412 e. The number of nitrogens with zero attached hydrogens (tertiary/aromatic N) is 3. The monoisotopic (exact) mass is 460 g/mol. The maximum atomic E-state index is 12.5. The van der Waals surface area contributed by atoms with E-state index < -0.39 is 6.09 Å². The molecular weight excluding hydrogens is 432 g/mol. The van der Waals surface area contributed by atoms with Crippen LogP contribution in [0.4, 0.5) is 9.80 Å². The number of ether oxygens (including phenoxy) is 1. The highest BCUT2D eigenvalue weighted by Crippen LogP contribution is 2.34. The lowest BCUT2D eigenvalue weighted by atomic mass is 10.1. The van der Waals surface area contributed by atoms with Crippen LogP contribution in [0.3, 0.4) is 0 Å². The first-order valence-corrected chi connectivity index (χ1v) is 12.3. The molecule has 3 heterocycles. The molecule has 5 rings (SSSR count). The van der Waals surface area contributed by atoms with Crippen LogP contribution in [0.15, 0.2) is 36.4 Å². The fraction of sp³-hybridized carbons (Fsp3) is 0.346. The normalized spacial score (nSPS) is 13.5. The molecule has 4 aromatic rings. The number of nitrogens with one attached hydrogen (secondary N) is 1. The Labute approximate surface area is 197 Å². The van der Waals surface area contributed by atoms with Gasteiger partial charge < -0.3 is 9.30 Å². The van der Waals surface area contributed by atoms with Crippen LogP contribution >= 0.6 is 11.3 Å². The molecule has 0 unspecified atom stereocenters. The molecule has 0 aliphatic carbocycles. The van der Waals surface area contributed by atoms with Crippen LogP contribution in [0, 0.1) is 20.8 Å². The second-order valence-corrected chi connectivity index (χ2v) is 9.77. The number of imidazole rings is 1. The molecular formula is C26H28N4O2S. The van der Waals surface area contributed by atoms with Gasteiger partial charge in [-0.05, 0) is 56.9 Å². The van der Waals surface area contributed by atoms with Crippen molar-refractivity contribution in [2.45, 2.75) is 59.6 Å². The average molecular weight is 461 g/mol. The fourth-order valence-corrected chi connectivity index (χ4v) is 5.49. The van der Waals surface area contributed by atoms with Gasteiger partial charge in [0.2, 0.25) is 0 Å². The van der Waals surface area contributed by atoms with Crippen LogP contribution in [0.5, 0.6) is 0 Å². The Balaban J connectivity index is 1.25. The Bertz CT molecular complexity index is 1340. The van der Waals surface area contributed by atoms with Crippen molar-refractivity contribution in [3.05, 3.63) is 64.6 Å². The standard InChI is InChI=1S/C26H28N4O2S/c1-16-8-10-20(17(2)13-16)25-27-18(3)24(33-25)29-26(31)32-15-19-9-11-22-21(14-19)28-23-7-5-4-6-12-30(22)23/h8-11,13-14H,4-7,12,15H2,1-3H3,(H,29,31). The number of amides is 1. The molecule has 33 heavy (non-hydrogen) atoms. The number of aryl methyl sites for hydroxylation is 5. The molecule has 6 nitrogen and oxygen atoms in total. The van der Waals surface area contributed by atoms with E-state index in [-0.39, 0.29) is 6.61 Å². The smallest absolute Gasteiger partial charge is 0.412 e. The van der Waals surface area contributed by atoms with Gasteiger partial charge in [0.15, 0.2) is 0 Å². The van der Waals surface area contributed by atoms with Gasteiger partial charge in [-0.1, -0.05) is 47.6 Å². The number of aromatic nitrogens is 3. The number of hydrogen-bond acceptors (Lipinski definition) is 5. The molecule has 170 valence electrons. The molecule has 0 saturated heterocycles. The van der Waals surface area contributed by atoms with Crippen LogP contribution < -0.4 is 5.32 Å². The summed E-state index contributed by atoms with van der Waals surface area (Å²) in [7, 11) is 0. The van der Waals surface area contributed by atoms with Crippen LogP contribution in [-0.4, -0.2) is 20.6 Å². The van der Waals surface area contributed by atoms with Gasteiger partial charge in [-0.2, -0.15) is 0 Å². The molecule has 2 aromatic heterocycles. The minimum Gasteiger partial charge on any atom is -0.444 e. The second kappa shape index (κ2) is 8.98. The van der Waals surface area contributed by atoms with Crippen LogP contribution in [0.2, 0.25) is 0 Å². The summed E-state index contributed by atoms with van der Waals surface area (Å²) < 4.78 is 7.84. The molecule has 2 aromatic carbocycles. The van der Waals surface area contributed by atoms with Crippen molar-refractivity contribution in [3.63, 3.8) is 0 Å². The first-order valence-electron chi connectivity index (χ1n) is 11.4. The average Bonchev–Trinajstić information content (AvgIpc) is 3.21. The van der Waals surface area contributed by atoms with E-state index in [0.29, 0.717) is 5.00 Å². The van der Waals surface area contributed by atoms with Crippen LogP contribution in [-0.2, 0) is 24.3 Å². The van der Waals surface area contributed by atoms with E-state index >= 15 is 0 Å². The summed E-state index contributed by atoms with van der Waals surface area (Å²) in [6.45, 7) is 7.28. The summed E-state index contributed by atoms with van der Waals surface area (Å²) in [5, 5.41) is 4.47. The number of carbonyl (C=O) groups is 1. The molecule has 0 spiro atoms. The third-order valence-electron chi connectivity index (χ3n) is 6.17. The van der Waals surface area contributed by atoms with Crippen molar-refractivity contribution in [2.24, 2.45) is 0 Å². The number of carbonyl (C=O) groups excluding carboxylic acids is 1. The minimum atomic E-state index is -0.477. The first-order chi connectivity index (χ1) is 16.0. The number of thiazole rings is 1. The largest absolute Gasteiger partial charge is 0.444 e. The fourth-order valence-electron chi connectivity index (χ4n) is 4.44. The topological polar surface area (TPSA) is 69.0 Å². The lowest BCUT2D eigenvalue weighted by Crippen LogP contribution is -2.13. The Morgan fingerprint density at radius 2 is 1.97 bits per heavy atom. The predicted molar refractivity (Wildman–Crippen MR) is 133 cm³/mol. The van der Waals surface area contributed by atoms with Crippen LogP contribution in [0.25, 0.3) is 21.6 Å². The second-order valence-electron chi connectivity index (χ2n) is 8.77. The van der Waals surface area contributed by atoms with Gasteiger partial charge >= 0.3 is 6.09 Å². The van der Waals surface area contributed by atoms with Crippen molar-refractivity contribution in [1.29, 1.82) is 0 Å². The SMILES string of the molecule is Cc1ccc(-c2nc(C)c(NC(=O)OCc3ccc4c(c3)nc3n4CCCCC3)s2)c(C)c1. The molecule has 0 atom stereocenters. The van der Waals surface area contributed by atoms with Gasteiger partial charge in [-0.25, -0.2) is 14.8 Å². The molecule has 1 N–H and O–H groups in total. The summed E-state index contributed by atoms with van der Waals surface area (Å²) in [5.74, 6) is 1.17. The van der Waals surface area contributed by atoms with Gasteiger partial charge in [0, 0.05) is 18.5 Å². The van der Waals surface area contributed by atoms with E-state index in [0.717, 1.165) is 40.3 Å². The summed E-state index contributed by atoms with van der Waals surface area (Å²) >= 11 is 1.47. The minimum absolute atomic E-state index is 0.200. The number of fused-ring (bicyclic) bond motifs is 3. The maximum absolute atomic E-state index is 12.5. The lowest BCUT2D eigenvalue weighted by Gasteiger charge is -2.07. The number of anilines is 1. The zero-order valence-corrected chi connectivity index (χ0v) is 20.1. The number of rotatable bonds is 4. The zero-order chi connectivity index (χ0) is 22.9. The molecule has 0 radical (unpaired) electrons. The Morgan fingerprint density at radius 1 is 1.09 bits per heavy atom. The van der Waals surface area contributed by atoms with Gasteiger partial charge in [0.05, 0.1) is 16.7 Å². The number of hydrogen-bond donors (Lipinski definition) is 1. The van der Waals surface area contributed by atoms with Crippen molar-refractivity contribution in [2.75, 3.05) is 5.32 Å². The number of benzene rings is 2. The highest BCUT2D eigenvalue weighted by molar-refractivity contribution is 7.19. The molecule has 7 heteroatoms. The van der Waals surface area contributed by atoms with E-state index in [2.05, 4.69) is 53.0 Å². The zero-order valence-electron chi connectivity index (χ0n) is 19.3. The van der Waals surface area contributed by atoms with Gasteiger partial charge in [0.25, 0.3) is 0 Å². The molecule has 0 fully saturated rings. The molecule has 1 aliphatic rings. The summed E-state index contributed by atoms with van der Waals surface area (Å²) in [5.41, 5.74) is 7.34. The predicted octanol–water partition coefficient (Wildman–Crippen LogP) is 6.56. The van der Waals surface area contributed by atoms with E-state index in [1.807, 2.05) is 19.1 Å². The van der Waals surface area contributed by atoms with Crippen molar-refractivity contribution in [3.8, 4) is 10.6 Å². The van der Waals surface area contributed by atoms with Crippen molar-refractivity contribution >= 4 is 33.5 Å². The Kier molecular flexibility index (Phi) is 5.89. The summed E-state index contributed by atoms with van der Waals surface area (Å²) in [6, 6.07) is 12.4. The lowest BCUT2D eigenvalue weighted by molar-refractivity contribution is 0.155. The summed E-state index contributed by atoms with van der Waals surface area (Å²) in [4.78, 5) is 22.0. The molecule has 1 aliphatic heterocycles. The Morgan fingerprint density at radius 3 is 2.82 bits per heavy atom. The van der Waals surface area contributed by atoms with Gasteiger partial charge in [-0.3, -0.25) is 5.32 Å². The van der Waals surface area contributed by atoms with Crippen molar-refractivity contribution < 1.29 is 9.53 Å². The third-order valence-corrected chi connectivity index (χ3v) is 7.27. The van der Waals surface area contributed by atoms with E-state index in [9.17, 15) is 4.79 Å². The Hall–Kier alpha value is -3.19. The van der Waals surface area contributed by atoms with E-state index in [1.165, 1.54) is 53.1 Å². The molecule has 0 saturated carbocycles. The quantitative estimate of drug-likeness (QED) is 0.374. The molecule has 1 amide bonds. The first kappa shape index (κ1) is 21.6.